The third-order valence-corrected chi connectivity index (χ3v) is 5.83. The van der Waals surface area contributed by atoms with Crippen LogP contribution in [-0.2, 0) is 11.3 Å². The van der Waals surface area contributed by atoms with Gasteiger partial charge >= 0.3 is 5.97 Å². The van der Waals surface area contributed by atoms with Gasteiger partial charge in [0.05, 0.1) is 18.2 Å². The molecular weight excluding hydrogens is 328 g/mol. The van der Waals surface area contributed by atoms with Crippen molar-refractivity contribution in [3.05, 3.63) is 36.0 Å². The van der Waals surface area contributed by atoms with Gasteiger partial charge in [-0.25, -0.2) is 4.98 Å². The van der Waals surface area contributed by atoms with Crippen molar-refractivity contribution in [3.63, 3.8) is 0 Å². The normalized spacial score (nSPS) is 23.9. The number of piperidine rings is 1. The van der Waals surface area contributed by atoms with Crippen LogP contribution in [0.15, 0.2) is 30.3 Å². The Hall–Kier alpha value is -2.14. The number of hydrogen-bond acceptors (Lipinski definition) is 4. The van der Waals surface area contributed by atoms with E-state index in [-0.39, 0.29) is 0 Å². The maximum atomic E-state index is 12.0. The number of carboxylic acid groups (broad SMARTS) is 1. The number of fused-ring (bicyclic) bond motifs is 1. The zero-order valence-corrected chi connectivity index (χ0v) is 15.3. The molecule has 1 saturated heterocycles. The molecule has 2 fully saturated rings. The van der Waals surface area contributed by atoms with Gasteiger partial charge in [0, 0.05) is 18.5 Å². The molecule has 0 unspecified atom stereocenters. The fourth-order valence-corrected chi connectivity index (χ4v) is 4.31. The van der Waals surface area contributed by atoms with Crippen LogP contribution in [0.3, 0.4) is 0 Å². The van der Waals surface area contributed by atoms with Gasteiger partial charge in [-0.3, -0.25) is 9.69 Å². The molecule has 26 heavy (non-hydrogen) atoms. The fourth-order valence-electron chi connectivity index (χ4n) is 4.31. The molecule has 2 heterocycles. The van der Waals surface area contributed by atoms with Crippen molar-refractivity contribution in [2.75, 3.05) is 20.2 Å². The molecule has 5 nitrogen and oxygen atoms in total. The van der Waals surface area contributed by atoms with Crippen molar-refractivity contribution < 1.29 is 14.6 Å². The standard InChI is InChI=1S/C21H26N2O3/c1-26-18-5-2-4-16-8-9-17(22-19(16)18)13-23-11-3-10-21(14-23,20(24)25)12-15-6-7-15/h2,4-5,8-9,15H,3,6-7,10-14H2,1H3,(H,24,25)/t21-/m0/s1. The van der Waals surface area contributed by atoms with Crippen LogP contribution in [0.1, 0.15) is 37.8 Å². The van der Waals surface area contributed by atoms with E-state index in [1.54, 1.807) is 7.11 Å². The molecule has 2 aliphatic rings. The van der Waals surface area contributed by atoms with E-state index in [2.05, 4.69) is 11.0 Å². The van der Waals surface area contributed by atoms with E-state index < -0.39 is 11.4 Å². The molecule has 1 aliphatic heterocycles. The molecular formula is C21H26N2O3. The van der Waals surface area contributed by atoms with Crippen molar-refractivity contribution in [1.82, 2.24) is 9.88 Å². The van der Waals surface area contributed by atoms with Crippen molar-refractivity contribution in [2.45, 2.75) is 38.6 Å². The Morgan fingerprint density at radius 1 is 1.35 bits per heavy atom. The largest absolute Gasteiger partial charge is 0.494 e. The zero-order chi connectivity index (χ0) is 18.1. The second kappa shape index (κ2) is 6.88. The molecule has 0 radical (unpaired) electrons. The molecule has 1 saturated carbocycles. The summed E-state index contributed by atoms with van der Waals surface area (Å²) in [6.07, 6.45) is 4.96. The summed E-state index contributed by atoms with van der Waals surface area (Å²) in [6, 6.07) is 10.0. The second-order valence-electron chi connectivity index (χ2n) is 7.88. The van der Waals surface area contributed by atoms with Crippen LogP contribution in [0, 0.1) is 11.3 Å². The van der Waals surface area contributed by atoms with Gasteiger partial charge in [0.1, 0.15) is 11.3 Å². The highest BCUT2D eigenvalue weighted by atomic mass is 16.5. The van der Waals surface area contributed by atoms with Crippen LogP contribution < -0.4 is 4.74 Å². The van der Waals surface area contributed by atoms with E-state index in [0.717, 1.165) is 48.2 Å². The first-order chi connectivity index (χ1) is 12.6. The van der Waals surface area contributed by atoms with Gasteiger partial charge in [0.2, 0.25) is 0 Å². The number of hydrogen-bond donors (Lipinski definition) is 1. The third-order valence-electron chi connectivity index (χ3n) is 5.83. The van der Waals surface area contributed by atoms with Crippen LogP contribution >= 0.6 is 0 Å². The average Bonchev–Trinajstić information content (AvgIpc) is 3.45. The predicted octanol–water partition coefficient (Wildman–Crippen LogP) is 3.71. The number of aliphatic carboxylic acids is 1. The van der Waals surface area contributed by atoms with Crippen molar-refractivity contribution in [2.24, 2.45) is 11.3 Å². The molecule has 0 amide bonds. The summed E-state index contributed by atoms with van der Waals surface area (Å²) in [7, 11) is 1.66. The van der Waals surface area contributed by atoms with E-state index in [1.165, 1.54) is 12.8 Å². The Labute approximate surface area is 154 Å². The lowest BCUT2D eigenvalue weighted by atomic mass is 9.75. The average molecular weight is 354 g/mol. The molecule has 2 aromatic rings. The van der Waals surface area contributed by atoms with Gasteiger partial charge in [-0.15, -0.1) is 0 Å². The van der Waals surface area contributed by atoms with Crippen LogP contribution in [-0.4, -0.2) is 41.2 Å². The highest BCUT2D eigenvalue weighted by Gasteiger charge is 2.45. The molecule has 0 spiro atoms. The predicted molar refractivity (Wildman–Crippen MR) is 100 cm³/mol. The summed E-state index contributed by atoms with van der Waals surface area (Å²) in [5, 5.41) is 11.0. The van der Waals surface area contributed by atoms with Crippen LogP contribution in [0.25, 0.3) is 10.9 Å². The number of carbonyl (C=O) groups is 1. The summed E-state index contributed by atoms with van der Waals surface area (Å²) in [5.41, 5.74) is 1.26. The lowest BCUT2D eigenvalue weighted by molar-refractivity contribution is -0.153. The lowest BCUT2D eigenvalue weighted by Gasteiger charge is -2.40. The Morgan fingerprint density at radius 2 is 2.19 bits per heavy atom. The summed E-state index contributed by atoms with van der Waals surface area (Å²) in [6.45, 7) is 2.25. The number of rotatable bonds is 6. The van der Waals surface area contributed by atoms with E-state index in [9.17, 15) is 9.90 Å². The maximum Gasteiger partial charge on any atom is 0.310 e. The van der Waals surface area contributed by atoms with Crippen LogP contribution in [0.4, 0.5) is 0 Å². The van der Waals surface area contributed by atoms with Crippen molar-refractivity contribution in [3.8, 4) is 5.75 Å². The van der Waals surface area contributed by atoms with Crippen molar-refractivity contribution >= 4 is 16.9 Å². The minimum absolute atomic E-state index is 0.575. The third kappa shape index (κ3) is 3.40. The molecule has 0 bridgehead atoms. The first kappa shape index (κ1) is 17.3. The number of aromatic nitrogens is 1. The van der Waals surface area contributed by atoms with Crippen LogP contribution in [0.5, 0.6) is 5.75 Å². The Balaban J connectivity index is 1.54. The topological polar surface area (TPSA) is 62.7 Å². The quantitative estimate of drug-likeness (QED) is 0.857. The highest BCUT2D eigenvalue weighted by Crippen LogP contribution is 2.45. The highest BCUT2D eigenvalue weighted by molar-refractivity contribution is 5.84. The van der Waals surface area contributed by atoms with E-state index in [0.29, 0.717) is 19.0 Å². The number of carboxylic acids is 1. The smallest absolute Gasteiger partial charge is 0.310 e. The Kier molecular flexibility index (Phi) is 4.57. The molecule has 1 aromatic carbocycles. The number of para-hydroxylation sites is 1. The van der Waals surface area contributed by atoms with E-state index >= 15 is 0 Å². The lowest BCUT2D eigenvalue weighted by Crippen LogP contribution is -2.47. The van der Waals surface area contributed by atoms with Gasteiger partial charge in [-0.2, -0.15) is 0 Å². The first-order valence-corrected chi connectivity index (χ1v) is 9.48. The second-order valence-corrected chi connectivity index (χ2v) is 7.88. The van der Waals surface area contributed by atoms with Gasteiger partial charge in [0.25, 0.3) is 0 Å². The minimum Gasteiger partial charge on any atom is -0.494 e. The molecule has 1 aliphatic carbocycles. The number of nitrogens with zero attached hydrogens (tertiary/aromatic N) is 2. The first-order valence-electron chi connectivity index (χ1n) is 9.48. The Morgan fingerprint density at radius 3 is 2.92 bits per heavy atom. The number of methoxy groups -OCH3 is 1. The molecule has 5 heteroatoms. The van der Waals surface area contributed by atoms with E-state index in [1.807, 2.05) is 24.3 Å². The minimum atomic E-state index is -0.623. The van der Waals surface area contributed by atoms with E-state index in [4.69, 9.17) is 9.72 Å². The number of likely N-dealkylation sites (tertiary alicyclic amines) is 1. The zero-order valence-electron chi connectivity index (χ0n) is 15.3. The molecule has 4 rings (SSSR count). The SMILES string of the molecule is COc1cccc2ccc(CN3CCC[C@@](CC4CC4)(C(=O)O)C3)nc12. The molecule has 138 valence electrons. The molecule has 1 aromatic heterocycles. The van der Waals surface area contributed by atoms with Gasteiger partial charge in [-0.1, -0.05) is 31.0 Å². The molecule has 1 atom stereocenters. The summed E-state index contributed by atoms with van der Waals surface area (Å²) >= 11 is 0. The van der Waals surface area contributed by atoms with Crippen LogP contribution in [0.2, 0.25) is 0 Å². The number of pyridine rings is 1. The van der Waals surface area contributed by atoms with Gasteiger partial charge in [0.15, 0.2) is 0 Å². The summed E-state index contributed by atoms with van der Waals surface area (Å²) in [4.78, 5) is 19.1. The Bertz CT molecular complexity index is 818. The maximum absolute atomic E-state index is 12.0. The summed E-state index contributed by atoms with van der Waals surface area (Å²) in [5.74, 6) is 0.771. The van der Waals surface area contributed by atoms with Crippen molar-refractivity contribution in [1.29, 1.82) is 0 Å². The monoisotopic (exact) mass is 354 g/mol. The fraction of sp³-hybridized carbons (Fsp3) is 0.524. The van der Waals surface area contributed by atoms with Gasteiger partial charge in [-0.05, 0) is 43.9 Å². The number of ether oxygens (including phenoxy) is 1. The molecule has 1 N–H and O–H groups in total. The summed E-state index contributed by atoms with van der Waals surface area (Å²) < 4.78 is 5.43. The van der Waals surface area contributed by atoms with Gasteiger partial charge < -0.3 is 9.84 Å². The number of benzene rings is 1.